The summed E-state index contributed by atoms with van der Waals surface area (Å²) < 4.78 is 16.6. The van der Waals surface area contributed by atoms with E-state index in [9.17, 15) is 19.7 Å². The second-order valence-electron chi connectivity index (χ2n) is 7.13. The number of aryl methyl sites for hydroxylation is 1. The molecule has 0 saturated heterocycles. The van der Waals surface area contributed by atoms with Crippen molar-refractivity contribution < 1.29 is 23.6 Å². The number of methoxy groups -OCH3 is 1. The first-order chi connectivity index (χ1) is 15.8. The molecular weight excluding hydrogens is 450 g/mol. The first-order valence-electron chi connectivity index (χ1n) is 9.66. The zero-order valence-electron chi connectivity index (χ0n) is 17.5. The Balaban J connectivity index is 1.86. The Kier molecular flexibility index (Phi) is 5.85. The fraction of sp³-hybridized carbons (Fsp3) is 0.0833. The van der Waals surface area contributed by atoms with Gasteiger partial charge in [0.05, 0.1) is 23.0 Å². The van der Waals surface area contributed by atoms with E-state index in [0.29, 0.717) is 16.9 Å². The van der Waals surface area contributed by atoms with Crippen LogP contribution in [0.4, 0.5) is 5.69 Å². The number of nitro groups is 1. The molecule has 0 spiro atoms. The van der Waals surface area contributed by atoms with Gasteiger partial charge in [0.1, 0.15) is 16.4 Å². The maximum absolute atomic E-state index is 13.3. The highest BCUT2D eigenvalue weighted by atomic mass is 35.5. The quantitative estimate of drug-likeness (QED) is 0.215. The highest BCUT2D eigenvalue weighted by Crippen LogP contribution is 2.33. The molecule has 1 aromatic heterocycles. The van der Waals surface area contributed by atoms with Gasteiger partial charge >= 0.3 is 5.97 Å². The summed E-state index contributed by atoms with van der Waals surface area (Å²) in [4.78, 5) is 36.6. The van der Waals surface area contributed by atoms with Crippen LogP contribution in [0.2, 0.25) is 5.02 Å². The van der Waals surface area contributed by atoms with Gasteiger partial charge in [0.2, 0.25) is 11.2 Å². The number of nitrogens with zero attached hydrogens (tertiary/aromatic N) is 1. The molecule has 1 heterocycles. The van der Waals surface area contributed by atoms with E-state index in [-0.39, 0.29) is 27.5 Å². The Labute approximate surface area is 192 Å². The summed E-state index contributed by atoms with van der Waals surface area (Å²) in [5.41, 5.74) is 0.523. The predicted octanol–water partition coefficient (Wildman–Crippen LogP) is 5.56. The Bertz CT molecular complexity index is 1460. The SMILES string of the molecule is COc1ccc(-c2oc3cc(C)ccc3c(=O)c2OC(=O)c2ccc(Cl)c([N+](=O)[O-])c2)cc1. The molecule has 0 unspecified atom stereocenters. The number of nitro benzene ring substituents is 1. The van der Waals surface area contributed by atoms with Gasteiger partial charge in [0, 0.05) is 11.6 Å². The van der Waals surface area contributed by atoms with Crippen molar-refractivity contribution in [1.29, 1.82) is 0 Å². The third-order valence-electron chi connectivity index (χ3n) is 4.93. The second kappa shape index (κ2) is 8.76. The van der Waals surface area contributed by atoms with E-state index >= 15 is 0 Å². The zero-order valence-corrected chi connectivity index (χ0v) is 18.2. The van der Waals surface area contributed by atoms with E-state index in [1.54, 1.807) is 42.5 Å². The van der Waals surface area contributed by atoms with Gasteiger partial charge < -0.3 is 13.9 Å². The van der Waals surface area contributed by atoms with Crippen molar-refractivity contribution in [1.82, 2.24) is 0 Å². The van der Waals surface area contributed by atoms with Gasteiger partial charge in [-0.2, -0.15) is 0 Å². The lowest BCUT2D eigenvalue weighted by molar-refractivity contribution is -0.384. The number of ether oxygens (including phenoxy) is 2. The third kappa shape index (κ3) is 4.28. The predicted molar refractivity (Wildman–Crippen MR) is 122 cm³/mol. The van der Waals surface area contributed by atoms with Crippen LogP contribution in [-0.2, 0) is 0 Å². The van der Waals surface area contributed by atoms with Gasteiger partial charge in [0.25, 0.3) is 5.69 Å². The summed E-state index contributed by atoms with van der Waals surface area (Å²) in [7, 11) is 1.52. The Morgan fingerprint density at radius 3 is 2.45 bits per heavy atom. The largest absolute Gasteiger partial charge is 0.497 e. The van der Waals surface area contributed by atoms with Crippen molar-refractivity contribution in [2.75, 3.05) is 7.11 Å². The first-order valence-corrected chi connectivity index (χ1v) is 10.0. The number of benzene rings is 3. The van der Waals surface area contributed by atoms with Gasteiger partial charge in [-0.25, -0.2) is 4.79 Å². The third-order valence-corrected chi connectivity index (χ3v) is 5.25. The van der Waals surface area contributed by atoms with Crippen LogP contribution in [0.3, 0.4) is 0 Å². The average molecular weight is 466 g/mol. The van der Waals surface area contributed by atoms with Crippen molar-refractivity contribution >= 4 is 34.2 Å². The number of rotatable bonds is 5. The Morgan fingerprint density at radius 1 is 1.06 bits per heavy atom. The molecule has 0 saturated carbocycles. The van der Waals surface area contributed by atoms with Crippen LogP contribution in [0.1, 0.15) is 15.9 Å². The average Bonchev–Trinajstić information content (AvgIpc) is 2.80. The number of fused-ring (bicyclic) bond motifs is 1. The van der Waals surface area contributed by atoms with E-state index < -0.39 is 22.0 Å². The number of carbonyl (C=O) groups excluding carboxylic acids is 1. The Morgan fingerprint density at radius 2 is 1.79 bits per heavy atom. The zero-order chi connectivity index (χ0) is 23.7. The van der Waals surface area contributed by atoms with E-state index in [2.05, 4.69) is 0 Å². The maximum atomic E-state index is 13.3. The van der Waals surface area contributed by atoms with Crippen molar-refractivity contribution in [2.45, 2.75) is 6.92 Å². The monoisotopic (exact) mass is 465 g/mol. The molecule has 4 rings (SSSR count). The molecule has 0 amide bonds. The van der Waals surface area contributed by atoms with Gasteiger partial charge in [0.15, 0.2) is 5.76 Å². The number of hydrogen-bond donors (Lipinski definition) is 0. The molecule has 0 radical (unpaired) electrons. The van der Waals surface area contributed by atoms with Gasteiger partial charge in [-0.3, -0.25) is 14.9 Å². The summed E-state index contributed by atoms with van der Waals surface area (Å²) >= 11 is 5.82. The fourth-order valence-electron chi connectivity index (χ4n) is 3.24. The van der Waals surface area contributed by atoms with E-state index in [1.807, 2.05) is 6.92 Å². The molecule has 3 aromatic carbocycles. The number of halogens is 1. The number of hydrogen-bond acceptors (Lipinski definition) is 7. The molecule has 0 aliphatic rings. The summed E-state index contributed by atoms with van der Waals surface area (Å²) in [6, 6.07) is 15.2. The molecule has 0 fully saturated rings. The maximum Gasteiger partial charge on any atom is 0.344 e. The molecule has 33 heavy (non-hydrogen) atoms. The lowest BCUT2D eigenvalue weighted by Gasteiger charge is -2.11. The smallest absolute Gasteiger partial charge is 0.344 e. The summed E-state index contributed by atoms with van der Waals surface area (Å²) in [6.07, 6.45) is 0. The minimum Gasteiger partial charge on any atom is -0.497 e. The van der Waals surface area contributed by atoms with Crippen LogP contribution in [-0.4, -0.2) is 18.0 Å². The first kappa shape index (κ1) is 22.0. The molecule has 8 nitrogen and oxygen atoms in total. The molecule has 0 N–H and O–H groups in total. The minimum absolute atomic E-state index is 0.0394. The minimum atomic E-state index is -0.969. The van der Waals surface area contributed by atoms with Crippen molar-refractivity contribution in [3.05, 3.63) is 97.2 Å². The second-order valence-corrected chi connectivity index (χ2v) is 7.54. The van der Waals surface area contributed by atoms with Crippen molar-refractivity contribution in [3.8, 4) is 22.8 Å². The van der Waals surface area contributed by atoms with Crippen LogP contribution in [0.15, 0.2) is 69.9 Å². The molecule has 4 aromatic rings. The highest BCUT2D eigenvalue weighted by molar-refractivity contribution is 6.32. The topological polar surface area (TPSA) is 109 Å². The van der Waals surface area contributed by atoms with Gasteiger partial charge in [-0.05, 0) is 61.0 Å². The molecule has 0 atom stereocenters. The van der Waals surface area contributed by atoms with Crippen LogP contribution in [0.25, 0.3) is 22.3 Å². The molecule has 0 bridgehead atoms. The van der Waals surface area contributed by atoms with Crippen LogP contribution in [0, 0.1) is 17.0 Å². The molecule has 0 aliphatic heterocycles. The van der Waals surface area contributed by atoms with Crippen molar-refractivity contribution in [3.63, 3.8) is 0 Å². The summed E-state index contributed by atoms with van der Waals surface area (Å²) in [6.45, 7) is 1.86. The van der Waals surface area contributed by atoms with Crippen LogP contribution >= 0.6 is 11.6 Å². The summed E-state index contributed by atoms with van der Waals surface area (Å²) in [5, 5.41) is 11.3. The van der Waals surface area contributed by atoms with E-state index in [4.69, 9.17) is 25.5 Å². The lowest BCUT2D eigenvalue weighted by Crippen LogP contribution is -2.16. The number of carbonyl (C=O) groups is 1. The molecule has 9 heteroatoms. The van der Waals surface area contributed by atoms with E-state index in [0.717, 1.165) is 11.6 Å². The van der Waals surface area contributed by atoms with Crippen LogP contribution < -0.4 is 14.9 Å². The highest BCUT2D eigenvalue weighted by Gasteiger charge is 2.23. The summed E-state index contributed by atoms with van der Waals surface area (Å²) in [5.74, 6) is -0.676. The van der Waals surface area contributed by atoms with Crippen LogP contribution in [0.5, 0.6) is 11.5 Å². The fourth-order valence-corrected chi connectivity index (χ4v) is 3.43. The standard InChI is InChI=1S/C24H16ClNO7/c1-13-3-9-17-20(11-13)32-22(14-4-7-16(31-2)8-5-14)23(21(17)27)33-24(28)15-6-10-18(25)19(12-15)26(29)30/h3-12H,1-2H3. The Hall–Kier alpha value is -4.17. The molecular formula is C24H16ClNO7. The van der Waals surface area contributed by atoms with Gasteiger partial charge in [-0.1, -0.05) is 17.7 Å². The molecule has 0 aliphatic carbocycles. The number of esters is 1. The van der Waals surface area contributed by atoms with Crippen molar-refractivity contribution in [2.24, 2.45) is 0 Å². The van der Waals surface area contributed by atoms with E-state index in [1.165, 1.54) is 19.2 Å². The van der Waals surface area contributed by atoms with Gasteiger partial charge in [-0.15, -0.1) is 0 Å². The molecule has 166 valence electrons. The lowest BCUT2D eigenvalue weighted by atomic mass is 10.1. The normalized spacial score (nSPS) is 10.8.